The van der Waals surface area contributed by atoms with Gasteiger partial charge in [0.05, 0.1) is 11.9 Å². The van der Waals surface area contributed by atoms with Crippen molar-refractivity contribution in [3.05, 3.63) is 106 Å². The zero-order chi connectivity index (χ0) is 21.5. The quantitative estimate of drug-likeness (QED) is 0.286. The number of hydrazone groups is 1. The Morgan fingerprint density at radius 1 is 1.03 bits per heavy atom. The topological polar surface area (TPSA) is 79.4 Å². The Morgan fingerprint density at radius 2 is 1.87 bits per heavy atom. The first kappa shape index (κ1) is 20.6. The second-order valence-corrected chi connectivity index (χ2v) is 7.64. The maximum absolute atomic E-state index is 12.3. The predicted molar refractivity (Wildman–Crippen MR) is 124 cm³/mol. The summed E-state index contributed by atoms with van der Waals surface area (Å²) in [5, 5.41) is 11.0. The summed E-state index contributed by atoms with van der Waals surface area (Å²) in [6.45, 7) is 0.481. The van der Waals surface area contributed by atoms with E-state index in [0.29, 0.717) is 18.0 Å². The van der Waals surface area contributed by atoms with Crippen molar-refractivity contribution in [2.24, 2.45) is 5.10 Å². The number of hydrogen-bond donors (Lipinski definition) is 2. The Labute approximate surface area is 188 Å². The summed E-state index contributed by atoms with van der Waals surface area (Å²) >= 11 is 3.40. The van der Waals surface area contributed by atoms with Gasteiger partial charge in [-0.2, -0.15) is 10.2 Å². The van der Waals surface area contributed by atoms with Crippen LogP contribution in [0.25, 0.3) is 11.3 Å². The van der Waals surface area contributed by atoms with E-state index in [9.17, 15) is 4.79 Å². The number of aromatic amines is 1. The Hall–Kier alpha value is -3.71. The van der Waals surface area contributed by atoms with Crippen LogP contribution in [0.1, 0.15) is 21.6 Å². The second-order valence-electron chi connectivity index (χ2n) is 6.72. The van der Waals surface area contributed by atoms with Gasteiger partial charge in [0.25, 0.3) is 5.91 Å². The molecule has 6 nitrogen and oxygen atoms in total. The van der Waals surface area contributed by atoms with Gasteiger partial charge in [0.15, 0.2) is 0 Å². The standard InChI is InChI=1S/C24H19BrN4O2/c25-20-10-4-8-18(12-20)15-26-29-24(30)23-14-22(27-28-23)19-9-5-11-21(13-19)31-16-17-6-2-1-3-7-17/h1-15H,16H2,(H,27,28)(H,29,30). The van der Waals surface area contributed by atoms with Gasteiger partial charge in [0.1, 0.15) is 18.1 Å². The van der Waals surface area contributed by atoms with Crippen LogP contribution in [0.3, 0.4) is 0 Å². The smallest absolute Gasteiger partial charge is 0.289 e. The number of ether oxygens (including phenoxy) is 1. The highest BCUT2D eigenvalue weighted by atomic mass is 79.9. The molecule has 31 heavy (non-hydrogen) atoms. The number of rotatable bonds is 7. The molecule has 7 heteroatoms. The van der Waals surface area contributed by atoms with Crippen LogP contribution in [0.15, 0.2) is 94.5 Å². The molecule has 0 saturated carbocycles. The fraction of sp³-hybridized carbons (Fsp3) is 0.0417. The summed E-state index contributed by atoms with van der Waals surface area (Å²) in [6.07, 6.45) is 1.58. The summed E-state index contributed by atoms with van der Waals surface area (Å²) in [5.74, 6) is 0.357. The minimum absolute atomic E-state index is 0.317. The lowest BCUT2D eigenvalue weighted by Crippen LogP contribution is -2.17. The minimum atomic E-state index is -0.374. The van der Waals surface area contributed by atoms with Crippen LogP contribution in [0.4, 0.5) is 0 Å². The van der Waals surface area contributed by atoms with Gasteiger partial charge in [0, 0.05) is 10.0 Å². The van der Waals surface area contributed by atoms with Crippen LogP contribution < -0.4 is 10.2 Å². The van der Waals surface area contributed by atoms with Crippen LogP contribution in [0.2, 0.25) is 0 Å². The third-order valence-electron chi connectivity index (χ3n) is 4.43. The molecule has 1 aromatic heterocycles. The van der Waals surface area contributed by atoms with Crippen LogP contribution >= 0.6 is 15.9 Å². The van der Waals surface area contributed by atoms with Gasteiger partial charge in [-0.1, -0.05) is 70.5 Å². The Morgan fingerprint density at radius 3 is 2.71 bits per heavy atom. The molecule has 154 valence electrons. The maximum Gasteiger partial charge on any atom is 0.289 e. The molecule has 0 spiro atoms. The molecular formula is C24H19BrN4O2. The molecule has 0 bridgehead atoms. The molecule has 0 fully saturated rings. The molecule has 2 N–H and O–H groups in total. The van der Waals surface area contributed by atoms with E-state index in [0.717, 1.165) is 26.9 Å². The van der Waals surface area contributed by atoms with Crippen molar-refractivity contribution in [1.82, 2.24) is 15.6 Å². The third-order valence-corrected chi connectivity index (χ3v) is 4.92. The van der Waals surface area contributed by atoms with Crippen LogP contribution in [-0.2, 0) is 6.61 Å². The molecule has 0 aliphatic rings. The zero-order valence-electron chi connectivity index (χ0n) is 16.5. The van der Waals surface area contributed by atoms with Gasteiger partial charge in [-0.15, -0.1) is 0 Å². The number of aromatic nitrogens is 2. The van der Waals surface area contributed by atoms with E-state index in [4.69, 9.17) is 4.74 Å². The van der Waals surface area contributed by atoms with Gasteiger partial charge >= 0.3 is 0 Å². The van der Waals surface area contributed by atoms with Crippen molar-refractivity contribution in [3.63, 3.8) is 0 Å². The summed E-state index contributed by atoms with van der Waals surface area (Å²) < 4.78 is 6.81. The maximum atomic E-state index is 12.3. The van der Waals surface area contributed by atoms with Crippen molar-refractivity contribution in [2.45, 2.75) is 6.61 Å². The lowest BCUT2D eigenvalue weighted by atomic mass is 10.1. The SMILES string of the molecule is O=C(NN=Cc1cccc(Br)c1)c1cc(-c2cccc(OCc3ccccc3)c2)n[nH]1. The number of hydrogen-bond acceptors (Lipinski definition) is 4. The molecule has 4 aromatic rings. The first-order chi connectivity index (χ1) is 15.2. The van der Waals surface area contributed by atoms with Gasteiger partial charge < -0.3 is 4.74 Å². The van der Waals surface area contributed by atoms with Crippen molar-refractivity contribution in [2.75, 3.05) is 0 Å². The number of H-pyrrole nitrogens is 1. The number of halogens is 1. The minimum Gasteiger partial charge on any atom is -0.489 e. The normalized spacial score (nSPS) is 10.9. The summed E-state index contributed by atoms with van der Waals surface area (Å²) in [4.78, 5) is 12.3. The van der Waals surface area contributed by atoms with Gasteiger partial charge in [-0.3, -0.25) is 9.89 Å². The Bertz CT molecular complexity index is 1200. The number of carbonyl (C=O) groups excluding carboxylic acids is 1. The Kier molecular flexibility index (Phi) is 6.54. The predicted octanol–water partition coefficient (Wildman–Crippen LogP) is 5.18. The van der Waals surface area contributed by atoms with Gasteiger partial charge in [-0.05, 0) is 41.5 Å². The van der Waals surface area contributed by atoms with E-state index in [1.165, 1.54) is 0 Å². The number of amides is 1. The van der Waals surface area contributed by atoms with E-state index >= 15 is 0 Å². The first-order valence-corrected chi connectivity index (χ1v) is 10.4. The van der Waals surface area contributed by atoms with E-state index in [-0.39, 0.29) is 5.91 Å². The molecular weight excluding hydrogens is 456 g/mol. The largest absolute Gasteiger partial charge is 0.489 e. The summed E-state index contributed by atoms with van der Waals surface area (Å²) in [6, 6.07) is 26.8. The zero-order valence-corrected chi connectivity index (χ0v) is 18.0. The van der Waals surface area contributed by atoms with Crippen LogP contribution in [0.5, 0.6) is 5.75 Å². The molecule has 0 aliphatic heterocycles. The van der Waals surface area contributed by atoms with Crippen molar-refractivity contribution in [3.8, 4) is 17.0 Å². The van der Waals surface area contributed by atoms with Crippen molar-refractivity contribution in [1.29, 1.82) is 0 Å². The molecule has 3 aromatic carbocycles. The molecule has 0 radical (unpaired) electrons. The number of carbonyl (C=O) groups is 1. The first-order valence-electron chi connectivity index (χ1n) is 9.59. The third kappa shape index (κ3) is 5.67. The van der Waals surface area contributed by atoms with E-state index in [1.54, 1.807) is 12.3 Å². The number of benzene rings is 3. The highest BCUT2D eigenvalue weighted by Gasteiger charge is 2.11. The lowest BCUT2D eigenvalue weighted by molar-refractivity contribution is 0.0950. The monoisotopic (exact) mass is 474 g/mol. The van der Waals surface area contributed by atoms with Crippen LogP contribution in [-0.4, -0.2) is 22.3 Å². The molecule has 0 unspecified atom stereocenters. The van der Waals surface area contributed by atoms with Crippen LogP contribution in [0, 0.1) is 0 Å². The molecule has 0 aliphatic carbocycles. The molecule has 0 atom stereocenters. The van der Waals surface area contributed by atoms with E-state index in [2.05, 4.69) is 36.7 Å². The molecule has 4 rings (SSSR count). The molecule has 0 saturated heterocycles. The summed E-state index contributed by atoms with van der Waals surface area (Å²) in [7, 11) is 0. The number of nitrogens with zero attached hydrogens (tertiary/aromatic N) is 2. The highest BCUT2D eigenvalue weighted by Crippen LogP contribution is 2.23. The second kappa shape index (κ2) is 9.86. The average Bonchev–Trinajstić information content (AvgIpc) is 3.29. The molecule has 1 amide bonds. The Balaban J connectivity index is 1.39. The highest BCUT2D eigenvalue weighted by molar-refractivity contribution is 9.10. The summed E-state index contributed by atoms with van der Waals surface area (Å²) in [5.41, 5.74) is 6.27. The lowest BCUT2D eigenvalue weighted by Gasteiger charge is -2.07. The average molecular weight is 475 g/mol. The van der Waals surface area contributed by atoms with E-state index in [1.807, 2.05) is 78.9 Å². The molecule has 1 heterocycles. The van der Waals surface area contributed by atoms with Crippen molar-refractivity contribution >= 4 is 28.1 Å². The fourth-order valence-corrected chi connectivity index (χ4v) is 3.30. The van der Waals surface area contributed by atoms with Gasteiger partial charge in [-0.25, -0.2) is 5.43 Å². The van der Waals surface area contributed by atoms with E-state index < -0.39 is 0 Å². The van der Waals surface area contributed by atoms with Gasteiger partial charge in [0.2, 0.25) is 0 Å². The van der Waals surface area contributed by atoms with Crippen molar-refractivity contribution < 1.29 is 9.53 Å². The fourth-order valence-electron chi connectivity index (χ4n) is 2.88. The number of nitrogens with one attached hydrogen (secondary N) is 2.